The number of amides is 2. The Balaban J connectivity index is 1.56. The monoisotopic (exact) mass is 446 g/mol. The van der Waals surface area contributed by atoms with Crippen molar-refractivity contribution < 1.29 is 9.59 Å². The quantitative estimate of drug-likeness (QED) is 0.427. The summed E-state index contributed by atoms with van der Waals surface area (Å²) in [4.78, 5) is 30.1. The first-order valence-electron chi connectivity index (χ1n) is 10.4. The lowest BCUT2D eigenvalue weighted by molar-refractivity contribution is -0.116. The molecular formula is C25H23ClN4O2. The fourth-order valence-corrected chi connectivity index (χ4v) is 3.84. The van der Waals surface area contributed by atoms with Crippen molar-refractivity contribution in [2.24, 2.45) is 0 Å². The van der Waals surface area contributed by atoms with Crippen molar-refractivity contribution in [2.45, 2.75) is 26.4 Å². The van der Waals surface area contributed by atoms with E-state index >= 15 is 0 Å². The number of nitrogens with one attached hydrogen (secondary N) is 2. The molecule has 0 aliphatic heterocycles. The third kappa shape index (κ3) is 4.65. The number of fused-ring (bicyclic) bond motifs is 1. The normalized spacial score (nSPS) is 10.8. The van der Waals surface area contributed by atoms with Gasteiger partial charge in [0.25, 0.3) is 5.91 Å². The lowest BCUT2D eigenvalue weighted by Crippen LogP contribution is -2.27. The van der Waals surface area contributed by atoms with E-state index in [0.29, 0.717) is 16.4 Å². The van der Waals surface area contributed by atoms with Crippen LogP contribution in [0.4, 0.5) is 5.69 Å². The number of carbonyl (C=O) groups excluding carboxylic acids is 2. The highest BCUT2D eigenvalue weighted by Gasteiger charge is 2.16. The van der Waals surface area contributed by atoms with E-state index in [1.807, 2.05) is 60.0 Å². The first-order chi connectivity index (χ1) is 15.6. The van der Waals surface area contributed by atoms with E-state index in [9.17, 15) is 9.59 Å². The number of aromatic nitrogens is 2. The summed E-state index contributed by atoms with van der Waals surface area (Å²) in [5.74, 6) is 0.133. The summed E-state index contributed by atoms with van der Waals surface area (Å²) >= 11 is 6.13. The molecule has 0 atom stereocenters. The van der Waals surface area contributed by atoms with Gasteiger partial charge in [-0.1, -0.05) is 61.0 Å². The number of para-hydroxylation sites is 3. The number of anilines is 1. The van der Waals surface area contributed by atoms with E-state index in [1.165, 1.54) is 0 Å². The van der Waals surface area contributed by atoms with Crippen molar-refractivity contribution in [3.8, 4) is 0 Å². The van der Waals surface area contributed by atoms with Crippen LogP contribution in [0.2, 0.25) is 5.02 Å². The topological polar surface area (TPSA) is 76.0 Å². The number of rotatable bonds is 7. The standard InChI is InChI=1S/C25H23ClN4O2/c1-2-17-9-3-6-12-20(17)29-24(31)16-30-22-14-8-7-13-21(22)28-23(30)15-27-25(32)18-10-4-5-11-19(18)26/h3-14H,2,15-16H2,1H3,(H,27,32)(H,29,31). The molecule has 0 saturated heterocycles. The van der Waals surface area contributed by atoms with Gasteiger partial charge in [0, 0.05) is 5.69 Å². The van der Waals surface area contributed by atoms with Gasteiger partial charge in [0.15, 0.2) is 0 Å². The van der Waals surface area contributed by atoms with Gasteiger partial charge in [-0.25, -0.2) is 4.98 Å². The average molecular weight is 447 g/mol. The van der Waals surface area contributed by atoms with Gasteiger partial charge in [-0.3, -0.25) is 9.59 Å². The fraction of sp³-hybridized carbons (Fsp3) is 0.160. The minimum absolute atomic E-state index is 0.0792. The Hall–Kier alpha value is -3.64. The molecule has 7 heteroatoms. The first-order valence-corrected chi connectivity index (χ1v) is 10.8. The predicted octanol–water partition coefficient (Wildman–Crippen LogP) is 4.82. The average Bonchev–Trinajstić information content (AvgIpc) is 3.15. The number of carbonyl (C=O) groups is 2. The van der Waals surface area contributed by atoms with E-state index in [-0.39, 0.29) is 24.9 Å². The van der Waals surface area contributed by atoms with Gasteiger partial charge in [-0.15, -0.1) is 0 Å². The lowest BCUT2D eigenvalue weighted by atomic mass is 10.1. The minimum Gasteiger partial charge on any atom is -0.345 e. The van der Waals surface area contributed by atoms with Crippen LogP contribution in [-0.2, 0) is 24.3 Å². The Morgan fingerprint density at radius 2 is 1.69 bits per heavy atom. The van der Waals surface area contributed by atoms with E-state index in [1.54, 1.807) is 24.3 Å². The molecule has 0 bridgehead atoms. The highest BCUT2D eigenvalue weighted by Crippen LogP contribution is 2.19. The largest absolute Gasteiger partial charge is 0.345 e. The molecule has 2 N–H and O–H groups in total. The van der Waals surface area contributed by atoms with Gasteiger partial charge in [0.1, 0.15) is 12.4 Å². The number of benzene rings is 3. The summed E-state index contributed by atoms with van der Waals surface area (Å²) in [5.41, 5.74) is 3.86. The fourth-order valence-electron chi connectivity index (χ4n) is 3.62. The highest BCUT2D eigenvalue weighted by atomic mass is 35.5. The summed E-state index contributed by atoms with van der Waals surface area (Å²) in [5, 5.41) is 6.24. The van der Waals surface area contributed by atoms with Crippen molar-refractivity contribution in [2.75, 3.05) is 5.32 Å². The van der Waals surface area contributed by atoms with Gasteiger partial charge in [-0.05, 0) is 42.3 Å². The molecule has 2 amide bonds. The molecular weight excluding hydrogens is 424 g/mol. The lowest BCUT2D eigenvalue weighted by Gasteiger charge is -2.13. The third-order valence-electron chi connectivity index (χ3n) is 5.23. The van der Waals surface area contributed by atoms with E-state index in [0.717, 1.165) is 28.7 Å². The summed E-state index contributed by atoms with van der Waals surface area (Å²) in [6.07, 6.45) is 0.823. The first kappa shape index (κ1) is 21.6. The highest BCUT2D eigenvalue weighted by molar-refractivity contribution is 6.33. The summed E-state index contributed by atoms with van der Waals surface area (Å²) < 4.78 is 1.83. The number of hydrogen-bond donors (Lipinski definition) is 2. The van der Waals surface area contributed by atoms with E-state index in [4.69, 9.17) is 11.6 Å². The van der Waals surface area contributed by atoms with Crippen LogP contribution in [0.15, 0.2) is 72.8 Å². The molecule has 0 aliphatic rings. The van der Waals surface area contributed by atoms with Gasteiger partial charge in [-0.2, -0.15) is 0 Å². The summed E-state index contributed by atoms with van der Waals surface area (Å²) in [6, 6.07) is 22.2. The summed E-state index contributed by atoms with van der Waals surface area (Å²) in [7, 11) is 0. The molecule has 1 aromatic heterocycles. The predicted molar refractivity (Wildman–Crippen MR) is 127 cm³/mol. The number of nitrogens with zero attached hydrogens (tertiary/aromatic N) is 2. The molecule has 4 rings (SSSR count). The Labute approximate surface area is 191 Å². The zero-order valence-electron chi connectivity index (χ0n) is 17.6. The molecule has 6 nitrogen and oxygen atoms in total. The number of aryl methyl sites for hydroxylation is 1. The van der Waals surface area contributed by atoms with Crippen LogP contribution in [0.5, 0.6) is 0 Å². The van der Waals surface area contributed by atoms with Crippen molar-refractivity contribution in [1.29, 1.82) is 0 Å². The molecule has 1 heterocycles. The maximum absolute atomic E-state index is 12.9. The Bertz CT molecular complexity index is 1280. The van der Waals surface area contributed by atoms with Crippen LogP contribution in [-0.4, -0.2) is 21.4 Å². The molecule has 0 aliphatic carbocycles. The van der Waals surface area contributed by atoms with Crippen molar-refractivity contribution in [3.05, 3.63) is 94.8 Å². The zero-order chi connectivity index (χ0) is 22.5. The molecule has 4 aromatic rings. The second kappa shape index (κ2) is 9.66. The number of halogens is 1. The molecule has 0 saturated carbocycles. The Kier molecular flexibility index (Phi) is 6.52. The molecule has 0 unspecified atom stereocenters. The maximum atomic E-state index is 12.9. The van der Waals surface area contributed by atoms with Gasteiger partial charge < -0.3 is 15.2 Å². The van der Waals surface area contributed by atoms with Crippen LogP contribution in [0.1, 0.15) is 28.7 Å². The zero-order valence-corrected chi connectivity index (χ0v) is 18.4. The van der Waals surface area contributed by atoms with E-state index in [2.05, 4.69) is 15.6 Å². The van der Waals surface area contributed by atoms with Crippen molar-refractivity contribution >= 4 is 40.1 Å². The van der Waals surface area contributed by atoms with Crippen molar-refractivity contribution in [3.63, 3.8) is 0 Å². The van der Waals surface area contributed by atoms with Crippen LogP contribution >= 0.6 is 11.6 Å². The van der Waals surface area contributed by atoms with Gasteiger partial charge in [0.2, 0.25) is 5.91 Å². The molecule has 3 aromatic carbocycles. The van der Waals surface area contributed by atoms with E-state index < -0.39 is 0 Å². The molecule has 0 spiro atoms. The maximum Gasteiger partial charge on any atom is 0.253 e. The minimum atomic E-state index is -0.296. The van der Waals surface area contributed by atoms with Gasteiger partial charge in [0.05, 0.1) is 28.2 Å². The number of imidazole rings is 1. The number of hydrogen-bond acceptors (Lipinski definition) is 3. The van der Waals surface area contributed by atoms with Crippen LogP contribution in [0.25, 0.3) is 11.0 Å². The molecule has 0 fully saturated rings. The molecule has 162 valence electrons. The SMILES string of the molecule is CCc1ccccc1NC(=O)Cn1c(CNC(=O)c2ccccc2Cl)nc2ccccc21. The Morgan fingerprint density at radius 3 is 2.50 bits per heavy atom. The molecule has 0 radical (unpaired) electrons. The smallest absolute Gasteiger partial charge is 0.253 e. The van der Waals surface area contributed by atoms with Crippen LogP contribution in [0, 0.1) is 0 Å². The second-order valence-electron chi connectivity index (χ2n) is 7.32. The van der Waals surface area contributed by atoms with Crippen molar-refractivity contribution in [1.82, 2.24) is 14.9 Å². The Morgan fingerprint density at radius 1 is 0.969 bits per heavy atom. The van der Waals surface area contributed by atoms with Crippen LogP contribution < -0.4 is 10.6 Å². The second-order valence-corrected chi connectivity index (χ2v) is 7.73. The van der Waals surface area contributed by atoms with Crippen LogP contribution in [0.3, 0.4) is 0 Å². The van der Waals surface area contributed by atoms with Gasteiger partial charge >= 0.3 is 0 Å². The summed E-state index contributed by atoms with van der Waals surface area (Å²) in [6.45, 7) is 2.29. The third-order valence-corrected chi connectivity index (χ3v) is 5.56. The molecule has 32 heavy (non-hydrogen) atoms.